The van der Waals surface area contributed by atoms with Gasteiger partial charge in [-0.25, -0.2) is 9.69 Å². The van der Waals surface area contributed by atoms with Crippen LogP contribution in [0.5, 0.6) is 5.75 Å². The zero-order valence-corrected chi connectivity index (χ0v) is 15.1. The van der Waals surface area contributed by atoms with Gasteiger partial charge in [-0.15, -0.1) is 0 Å². The first kappa shape index (κ1) is 19.7. The molecule has 1 heterocycles. The number of amides is 5. The lowest BCUT2D eigenvalue weighted by molar-refractivity contribution is -0.144. The van der Waals surface area contributed by atoms with Crippen molar-refractivity contribution >= 4 is 35.4 Å². The molecule has 0 saturated carbocycles. The van der Waals surface area contributed by atoms with E-state index >= 15 is 0 Å². The van der Waals surface area contributed by atoms with Crippen LogP contribution < -0.4 is 10.1 Å². The molecule has 1 aliphatic heterocycles. The van der Waals surface area contributed by atoms with Gasteiger partial charge >= 0.3 is 17.8 Å². The van der Waals surface area contributed by atoms with Gasteiger partial charge < -0.3 is 10.1 Å². The minimum atomic E-state index is -0.973. The van der Waals surface area contributed by atoms with E-state index in [-0.39, 0.29) is 19.7 Å². The number of rotatable bonds is 9. The standard InChI is InChI=1S/C17H20ClN3O5/c1-2-3-9-20-15(23)16(24)21(17(20)25)11-14(22)19-8-10-26-13-6-4-12(18)5-7-13/h4-7H,2-3,8-11H2,1H3,(H,19,22). The summed E-state index contributed by atoms with van der Waals surface area (Å²) in [6.07, 6.45) is 1.38. The summed E-state index contributed by atoms with van der Waals surface area (Å²) in [6, 6.07) is 6.01. The molecular formula is C17H20ClN3O5. The molecule has 0 spiro atoms. The van der Waals surface area contributed by atoms with Gasteiger partial charge in [0.25, 0.3) is 0 Å². The Labute approximate surface area is 156 Å². The SMILES string of the molecule is CCCCN1C(=O)C(=O)N(CC(=O)NCCOc2ccc(Cl)cc2)C1=O. The number of hydrogen-bond acceptors (Lipinski definition) is 5. The first-order valence-corrected chi connectivity index (χ1v) is 8.64. The lowest BCUT2D eigenvalue weighted by atomic mass is 10.3. The van der Waals surface area contributed by atoms with Crippen molar-refractivity contribution in [1.82, 2.24) is 15.1 Å². The molecule has 0 unspecified atom stereocenters. The van der Waals surface area contributed by atoms with Gasteiger partial charge in [0.05, 0.1) is 6.54 Å². The molecule has 2 rings (SSSR count). The number of nitrogens with one attached hydrogen (secondary N) is 1. The molecule has 0 aliphatic carbocycles. The van der Waals surface area contributed by atoms with Crippen LogP contribution in [0.1, 0.15) is 19.8 Å². The smallest absolute Gasteiger partial charge is 0.334 e. The van der Waals surface area contributed by atoms with Crippen molar-refractivity contribution in [1.29, 1.82) is 0 Å². The molecule has 1 aromatic rings. The van der Waals surface area contributed by atoms with Gasteiger partial charge in [-0.2, -0.15) is 0 Å². The third-order valence-corrected chi connectivity index (χ3v) is 3.93. The summed E-state index contributed by atoms with van der Waals surface area (Å²) in [5.41, 5.74) is 0. The Balaban J connectivity index is 1.76. The number of halogens is 1. The lowest BCUT2D eigenvalue weighted by Gasteiger charge is -2.15. The summed E-state index contributed by atoms with van der Waals surface area (Å²) in [4.78, 5) is 49.2. The predicted molar refractivity (Wildman–Crippen MR) is 93.7 cm³/mol. The number of carbonyl (C=O) groups is 4. The second-order valence-corrected chi connectivity index (χ2v) is 6.07. The Morgan fingerprint density at radius 3 is 2.42 bits per heavy atom. The Bertz CT molecular complexity index is 692. The third-order valence-electron chi connectivity index (χ3n) is 3.68. The van der Waals surface area contributed by atoms with Crippen LogP contribution in [0.15, 0.2) is 24.3 Å². The van der Waals surface area contributed by atoms with Crippen LogP contribution in [0.4, 0.5) is 4.79 Å². The molecule has 9 heteroatoms. The van der Waals surface area contributed by atoms with Crippen molar-refractivity contribution in [2.24, 2.45) is 0 Å². The highest BCUT2D eigenvalue weighted by molar-refractivity contribution is 6.45. The molecule has 0 radical (unpaired) electrons. The number of hydrogen-bond donors (Lipinski definition) is 1. The summed E-state index contributed by atoms with van der Waals surface area (Å²) in [6.45, 7) is 1.98. The Hall–Kier alpha value is -2.61. The minimum absolute atomic E-state index is 0.174. The van der Waals surface area contributed by atoms with Gasteiger partial charge in [0, 0.05) is 11.6 Å². The quantitative estimate of drug-likeness (QED) is 0.396. The summed E-state index contributed by atoms with van der Waals surface area (Å²) >= 11 is 5.77. The first-order valence-electron chi connectivity index (χ1n) is 8.26. The molecule has 0 aromatic heterocycles. The van der Waals surface area contributed by atoms with Crippen molar-refractivity contribution in [2.75, 3.05) is 26.2 Å². The second-order valence-electron chi connectivity index (χ2n) is 5.64. The fraction of sp³-hybridized carbons (Fsp3) is 0.412. The zero-order valence-electron chi connectivity index (χ0n) is 14.4. The van der Waals surface area contributed by atoms with E-state index in [0.717, 1.165) is 11.3 Å². The average Bonchev–Trinajstić information content (AvgIpc) is 2.82. The number of carbonyl (C=O) groups excluding carboxylic acids is 4. The van der Waals surface area contributed by atoms with Crippen LogP contribution in [0.2, 0.25) is 5.02 Å². The number of imide groups is 2. The lowest BCUT2D eigenvalue weighted by Crippen LogP contribution is -2.42. The fourth-order valence-corrected chi connectivity index (χ4v) is 2.42. The van der Waals surface area contributed by atoms with E-state index in [1.165, 1.54) is 0 Å². The number of nitrogens with zero attached hydrogens (tertiary/aromatic N) is 2. The van der Waals surface area contributed by atoms with Crippen LogP contribution in [0, 0.1) is 0 Å². The van der Waals surface area contributed by atoms with Crippen molar-refractivity contribution in [2.45, 2.75) is 19.8 Å². The summed E-state index contributed by atoms with van der Waals surface area (Å²) in [5.74, 6) is -1.80. The van der Waals surface area contributed by atoms with Gasteiger partial charge in [-0.05, 0) is 30.7 Å². The molecule has 5 amide bonds. The van der Waals surface area contributed by atoms with E-state index < -0.39 is 30.3 Å². The third kappa shape index (κ3) is 4.95. The van der Waals surface area contributed by atoms with Crippen LogP contribution in [-0.4, -0.2) is 59.8 Å². The molecule has 1 aromatic carbocycles. The van der Waals surface area contributed by atoms with Gasteiger partial charge in [0.1, 0.15) is 18.9 Å². The van der Waals surface area contributed by atoms with E-state index in [2.05, 4.69) is 5.32 Å². The number of urea groups is 1. The Morgan fingerprint density at radius 2 is 1.77 bits per heavy atom. The number of unbranched alkanes of at least 4 members (excludes halogenated alkanes) is 1. The molecule has 1 aliphatic rings. The molecule has 1 fully saturated rings. The molecule has 0 atom stereocenters. The second kappa shape index (κ2) is 9.19. The normalized spacial score (nSPS) is 14.2. The van der Waals surface area contributed by atoms with Gasteiger partial charge in [-0.1, -0.05) is 24.9 Å². The van der Waals surface area contributed by atoms with Crippen LogP contribution >= 0.6 is 11.6 Å². The fourth-order valence-electron chi connectivity index (χ4n) is 2.29. The molecule has 1 N–H and O–H groups in total. The van der Waals surface area contributed by atoms with E-state index in [9.17, 15) is 19.2 Å². The van der Waals surface area contributed by atoms with Crippen LogP contribution in [0.3, 0.4) is 0 Å². The maximum absolute atomic E-state index is 12.1. The van der Waals surface area contributed by atoms with Crippen molar-refractivity contribution < 1.29 is 23.9 Å². The molecule has 8 nitrogen and oxygen atoms in total. The average molecular weight is 382 g/mol. The van der Waals surface area contributed by atoms with Crippen molar-refractivity contribution in [3.8, 4) is 5.75 Å². The summed E-state index contributed by atoms with van der Waals surface area (Å²) in [5, 5.41) is 3.13. The highest BCUT2D eigenvalue weighted by Gasteiger charge is 2.44. The van der Waals surface area contributed by atoms with E-state index in [4.69, 9.17) is 16.3 Å². The zero-order chi connectivity index (χ0) is 19.1. The molecule has 140 valence electrons. The Morgan fingerprint density at radius 1 is 1.12 bits per heavy atom. The summed E-state index contributed by atoms with van der Waals surface area (Å²) < 4.78 is 5.42. The number of benzene rings is 1. The van der Waals surface area contributed by atoms with Gasteiger partial charge in [-0.3, -0.25) is 19.3 Å². The van der Waals surface area contributed by atoms with Crippen molar-refractivity contribution in [3.63, 3.8) is 0 Å². The van der Waals surface area contributed by atoms with Crippen LogP contribution in [-0.2, 0) is 14.4 Å². The topological polar surface area (TPSA) is 96.0 Å². The van der Waals surface area contributed by atoms with Gasteiger partial charge in [0.15, 0.2) is 0 Å². The minimum Gasteiger partial charge on any atom is -0.492 e. The van der Waals surface area contributed by atoms with E-state index in [1.807, 2.05) is 6.92 Å². The first-order chi connectivity index (χ1) is 12.4. The monoisotopic (exact) mass is 381 g/mol. The Kier molecular flexibility index (Phi) is 6.97. The van der Waals surface area contributed by atoms with Crippen molar-refractivity contribution in [3.05, 3.63) is 29.3 Å². The molecule has 26 heavy (non-hydrogen) atoms. The maximum Gasteiger partial charge on any atom is 0.334 e. The van der Waals surface area contributed by atoms with Crippen LogP contribution in [0.25, 0.3) is 0 Å². The molecule has 1 saturated heterocycles. The highest BCUT2D eigenvalue weighted by Crippen LogP contribution is 2.15. The van der Waals surface area contributed by atoms with E-state index in [1.54, 1.807) is 24.3 Å². The maximum atomic E-state index is 12.1. The van der Waals surface area contributed by atoms with E-state index in [0.29, 0.717) is 22.1 Å². The summed E-state index contributed by atoms with van der Waals surface area (Å²) in [7, 11) is 0. The molecular weight excluding hydrogens is 362 g/mol. The number of ether oxygens (including phenoxy) is 1. The highest BCUT2D eigenvalue weighted by atomic mass is 35.5. The predicted octanol–water partition coefficient (Wildman–Crippen LogP) is 1.43. The largest absolute Gasteiger partial charge is 0.492 e. The van der Waals surface area contributed by atoms with Gasteiger partial charge in [0.2, 0.25) is 5.91 Å². The molecule has 0 bridgehead atoms.